The van der Waals surface area contributed by atoms with Gasteiger partial charge in [-0.05, 0) is 51.8 Å². The van der Waals surface area contributed by atoms with Crippen LogP contribution in [0, 0.1) is 6.92 Å². The third-order valence-corrected chi connectivity index (χ3v) is 3.92. The lowest BCUT2D eigenvalue weighted by atomic mass is 10.0. The van der Waals surface area contributed by atoms with Gasteiger partial charge in [-0.1, -0.05) is 13.0 Å². The standard InChI is InChI=1S/C15H25N3/c1-5-16-11-13-7-8-14(17-12(13)2)18-10-6-9-15(18,3)4/h7-8,16H,5-6,9-11H2,1-4H3. The molecule has 0 amide bonds. The molecule has 0 aliphatic carbocycles. The molecule has 0 bridgehead atoms. The molecular formula is C15H25N3. The Hall–Kier alpha value is -1.09. The van der Waals surface area contributed by atoms with Gasteiger partial charge in [0.25, 0.3) is 0 Å². The van der Waals surface area contributed by atoms with E-state index in [1.165, 1.54) is 18.4 Å². The molecule has 1 aromatic rings. The number of aryl methyl sites for hydroxylation is 1. The van der Waals surface area contributed by atoms with E-state index in [1.54, 1.807) is 0 Å². The molecule has 0 atom stereocenters. The van der Waals surface area contributed by atoms with Crippen LogP contribution in [0.1, 0.15) is 44.9 Å². The number of rotatable bonds is 4. The van der Waals surface area contributed by atoms with Gasteiger partial charge in [-0.25, -0.2) is 4.98 Å². The molecule has 100 valence electrons. The average Bonchev–Trinajstić information content (AvgIpc) is 2.67. The summed E-state index contributed by atoms with van der Waals surface area (Å²) in [4.78, 5) is 7.23. The van der Waals surface area contributed by atoms with Gasteiger partial charge in [0, 0.05) is 24.3 Å². The van der Waals surface area contributed by atoms with Crippen LogP contribution in [-0.4, -0.2) is 23.6 Å². The maximum absolute atomic E-state index is 4.79. The summed E-state index contributed by atoms with van der Waals surface area (Å²) < 4.78 is 0. The van der Waals surface area contributed by atoms with Gasteiger partial charge in [-0.2, -0.15) is 0 Å². The number of anilines is 1. The predicted molar refractivity (Wildman–Crippen MR) is 77.0 cm³/mol. The third kappa shape index (κ3) is 2.66. The Morgan fingerprint density at radius 3 is 2.72 bits per heavy atom. The van der Waals surface area contributed by atoms with E-state index in [0.29, 0.717) is 0 Å². The molecule has 0 aromatic carbocycles. The van der Waals surface area contributed by atoms with Crippen molar-refractivity contribution in [3.63, 3.8) is 0 Å². The number of hydrogen-bond acceptors (Lipinski definition) is 3. The smallest absolute Gasteiger partial charge is 0.129 e. The Balaban J connectivity index is 2.18. The zero-order valence-electron chi connectivity index (χ0n) is 12.1. The summed E-state index contributed by atoms with van der Waals surface area (Å²) in [5.41, 5.74) is 2.71. The van der Waals surface area contributed by atoms with Crippen LogP contribution in [0.15, 0.2) is 12.1 Å². The summed E-state index contributed by atoms with van der Waals surface area (Å²) >= 11 is 0. The monoisotopic (exact) mass is 247 g/mol. The van der Waals surface area contributed by atoms with Crippen LogP contribution in [0.2, 0.25) is 0 Å². The number of nitrogens with zero attached hydrogens (tertiary/aromatic N) is 2. The van der Waals surface area contributed by atoms with E-state index in [4.69, 9.17) is 4.98 Å². The zero-order valence-corrected chi connectivity index (χ0v) is 12.1. The normalized spacial score (nSPS) is 18.3. The van der Waals surface area contributed by atoms with Gasteiger partial charge in [-0.3, -0.25) is 0 Å². The van der Waals surface area contributed by atoms with E-state index >= 15 is 0 Å². The fourth-order valence-corrected chi connectivity index (χ4v) is 2.71. The molecular weight excluding hydrogens is 222 g/mol. The molecule has 3 nitrogen and oxygen atoms in total. The third-order valence-electron chi connectivity index (χ3n) is 3.92. The second-order valence-electron chi connectivity index (χ2n) is 5.76. The Labute approximate surface area is 111 Å². The van der Waals surface area contributed by atoms with E-state index in [-0.39, 0.29) is 5.54 Å². The number of hydrogen-bond donors (Lipinski definition) is 1. The van der Waals surface area contributed by atoms with Gasteiger partial charge in [0.15, 0.2) is 0 Å². The van der Waals surface area contributed by atoms with E-state index in [9.17, 15) is 0 Å². The molecule has 2 heterocycles. The van der Waals surface area contributed by atoms with E-state index in [2.05, 4.69) is 50.0 Å². The topological polar surface area (TPSA) is 28.2 Å². The molecule has 1 N–H and O–H groups in total. The molecule has 1 saturated heterocycles. The molecule has 0 saturated carbocycles. The molecule has 0 radical (unpaired) electrons. The van der Waals surface area contributed by atoms with Gasteiger partial charge in [0.2, 0.25) is 0 Å². The Morgan fingerprint density at radius 1 is 1.39 bits per heavy atom. The van der Waals surface area contributed by atoms with Crippen LogP contribution < -0.4 is 10.2 Å². The van der Waals surface area contributed by atoms with Crippen LogP contribution in [0.3, 0.4) is 0 Å². The first-order chi connectivity index (χ1) is 8.54. The summed E-state index contributed by atoms with van der Waals surface area (Å²) in [5, 5.41) is 3.36. The van der Waals surface area contributed by atoms with Crippen molar-refractivity contribution in [3.8, 4) is 0 Å². The highest BCUT2D eigenvalue weighted by Gasteiger charge is 2.32. The van der Waals surface area contributed by atoms with Gasteiger partial charge in [-0.15, -0.1) is 0 Å². The summed E-state index contributed by atoms with van der Waals surface area (Å²) in [6.45, 7) is 11.9. The van der Waals surface area contributed by atoms with Gasteiger partial charge >= 0.3 is 0 Å². The fraction of sp³-hybridized carbons (Fsp3) is 0.667. The zero-order chi connectivity index (χ0) is 13.2. The van der Waals surface area contributed by atoms with Gasteiger partial charge in [0.05, 0.1) is 0 Å². The van der Waals surface area contributed by atoms with Crippen molar-refractivity contribution in [3.05, 3.63) is 23.4 Å². The second-order valence-corrected chi connectivity index (χ2v) is 5.76. The Kier molecular flexibility index (Phi) is 3.91. The van der Waals surface area contributed by atoms with Crippen molar-refractivity contribution in [2.45, 2.75) is 52.6 Å². The van der Waals surface area contributed by atoms with Crippen molar-refractivity contribution < 1.29 is 0 Å². The van der Waals surface area contributed by atoms with Crippen LogP contribution in [0.4, 0.5) is 5.82 Å². The van der Waals surface area contributed by atoms with Crippen LogP contribution in [0.5, 0.6) is 0 Å². The minimum Gasteiger partial charge on any atom is -0.351 e. The van der Waals surface area contributed by atoms with E-state index < -0.39 is 0 Å². The maximum Gasteiger partial charge on any atom is 0.129 e. The minimum absolute atomic E-state index is 0.253. The number of pyridine rings is 1. The van der Waals surface area contributed by atoms with Gasteiger partial charge < -0.3 is 10.2 Å². The van der Waals surface area contributed by atoms with Crippen LogP contribution in [-0.2, 0) is 6.54 Å². The van der Waals surface area contributed by atoms with Gasteiger partial charge in [0.1, 0.15) is 5.82 Å². The van der Waals surface area contributed by atoms with Crippen molar-refractivity contribution in [1.29, 1.82) is 0 Å². The molecule has 0 spiro atoms. The largest absolute Gasteiger partial charge is 0.351 e. The summed E-state index contributed by atoms with van der Waals surface area (Å²) in [6.07, 6.45) is 2.53. The van der Waals surface area contributed by atoms with Crippen molar-refractivity contribution in [2.24, 2.45) is 0 Å². The second kappa shape index (κ2) is 5.27. The van der Waals surface area contributed by atoms with Crippen LogP contribution >= 0.6 is 0 Å². The van der Waals surface area contributed by atoms with Crippen molar-refractivity contribution in [1.82, 2.24) is 10.3 Å². The first-order valence-electron chi connectivity index (χ1n) is 6.99. The van der Waals surface area contributed by atoms with Crippen molar-refractivity contribution in [2.75, 3.05) is 18.0 Å². The SMILES string of the molecule is CCNCc1ccc(N2CCCC2(C)C)nc1C. The van der Waals surface area contributed by atoms with E-state index in [1.807, 2.05) is 0 Å². The fourth-order valence-electron chi connectivity index (χ4n) is 2.71. The minimum atomic E-state index is 0.253. The lowest BCUT2D eigenvalue weighted by Gasteiger charge is -2.33. The summed E-state index contributed by atoms with van der Waals surface area (Å²) in [5.74, 6) is 1.13. The molecule has 0 unspecified atom stereocenters. The summed E-state index contributed by atoms with van der Waals surface area (Å²) in [6, 6.07) is 4.39. The highest BCUT2D eigenvalue weighted by molar-refractivity contribution is 5.45. The first-order valence-corrected chi connectivity index (χ1v) is 6.99. The van der Waals surface area contributed by atoms with Crippen molar-refractivity contribution >= 4 is 5.82 Å². The highest BCUT2D eigenvalue weighted by atomic mass is 15.3. The molecule has 18 heavy (non-hydrogen) atoms. The predicted octanol–water partition coefficient (Wildman–Crippen LogP) is 2.88. The number of aromatic nitrogens is 1. The molecule has 1 aliphatic heterocycles. The highest BCUT2D eigenvalue weighted by Crippen LogP contribution is 2.32. The Bertz CT molecular complexity index is 412. The van der Waals surface area contributed by atoms with E-state index in [0.717, 1.165) is 31.1 Å². The quantitative estimate of drug-likeness (QED) is 0.886. The molecule has 1 fully saturated rings. The molecule has 1 aliphatic rings. The molecule has 3 heteroatoms. The summed E-state index contributed by atoms with van der Waals surface area (Å²) in [7, 11) is 0. The Morgan fingerprint density at radius 2 is 2.17 bits per heavy atom. The van der Waals surface area contributed by atoms with Crippen LogP contribution in [0.25, 0.3) is 0 Å². The lowest BCUT2D eigenvalue weighted by molar-refractivity contribution is 0.514. The maximum atomic E-state index is 4.79. The molecule has 1 aromatic heterocycles. The average molecular weight is 247 g/mol. The first kappa shape index (κ1) is 13.3. The number of nitrogens with one attached hydrogen (secondary N) is 1. The lowest BCUT2D eigenvalue weighted by Crippen LogP contribution is -2.38. The molecule has 2 rings (SSSR count).